The van der Waals surface area contributed by atoms with Crippen molar-refractivity contribution in [2.24, 2.45) is 10.2 Å². The highest BCUT2D eigenvalue weighted by Crippen LogP contribution is 2.26. The highest BCUT2D eigenvalue weighted by molar-refractivity contribution is 7.89. The standard InChI is InChI=1S/C17H16N4O4S/c1-2-20-12-16(15-8-3-4-9-17(15)26(20,24)25)19-18-11-13-6-5-7-14(10-13)21(22)23/h3-11H,2,12H2,1H3/b18-11+,19-16+. The molecule has 0 spiro atoms. The first kappa shape index (κ1) is 17.9. The molecule has 0 unspecified atom stereocenters. The summed E-state index contributed by atoms with van der Waals surface area (Å²) in [5.41, 5.74) is 1.55. The first-order chi connectivity index (χ1) is 12.4. The lowest BCUT2D eigenvalue weighted by atomic mass is 10.1. The predicted molar refractivity (Wildman–Crippen MR) is 98.1 cm³/mol. The number of non-ortho nitro benzene ring substituents is 1. The second-order valence-corrected chi connectivity index (χ2v) is 7.48. The van der Waals surface area contributed by atoms with Crippen LogP contribution in [-0.4, -0.2) is 42.7 Å². The van der Waals surface area contributed by atoms with Crippen LogP contribution in [0.3, 0.4) is 0 Å². The summed E-state index contributed by atoms with van der Waals surface area (Å²) in [6.45, 7) is 2.21. The Morgan fingerprint density at radius 1 is 1.23 bits per heavy atom. The number of nitrogens with zero attached hydrogens (tertiary/aromatic N) is 4. The molecular weight excluding hydrogens is 356 g/mol. The number of benzene rings is 2. The van der Waals surface area contributed by atoms with E-state index in [9.17, 15) is 18.5 Å². The quantitative estimate of drug-likeness (QED) is 0.467. The first-order valence-electron chi connectivity index (χ1n) is 7.87. The van der Waals surface area contributed by atoms with Crippen molar-refractivity contribution in [3.63, 3.8) is 0 Å². The molecule has 1 aliphatic rings. The van der Waals surface area contributed by atoms with Crippen LogP contribution in [0.2, 0.25) is 0 Å². The van der Waals surface area contributed by atoms with Crippen LogP contribution in [0.15, 0.2) is 63.6 Å². The number of nitro groups is 1. The molecular formula is C17H16N4O4S. The van der Waals surface area contributed by atoms with Crippen molar-refractivity contribution in [2.45, 2.75) is 11.8 Å². The van der Waals surface area contributed by atoms with E-state index in [0.29, 0.717) is 23.4 Å². The van der Waals surface area contributed by atoms with Gasteiger partial charge in [0.2, 0.25) is 10.0 Å². The van der Waals surface area contributed by atoms with Crippen molar-refractivity contribution in [3.05, 3.63) is 69.8 Å². The van der Waals surface area contributed by atoms with Gasteiger partial charge in [-0.2, -0.15) is 14.5 Å². The third kappa shape index (κ3) is 3.39. The van der Waals surface area contributed by atoms with Gasteiger partial charge in [-0.25, -0.2) is 8.42 Å². The maximum absolute atomic E-state index is 12.5. The van der Waals surface area contributed by atoms with Gasteiger partial charge < -0.3 is 0 Å². The number of hydrogen-bond acceptors (Lipinski definition) is 6. The average molecular weight is 372 g/mol. The maximum atomic E-state index is 12.5. The zero-order valence-electron chi connectivity index (χ0n) is 13.9. The van der Waals surface area contributed by atoms with Crippen LogP contribution in [0, 0.1) is 10.1 Å². The lowest BCUT2D eigenvalue weighted by Crippen LogP contribution is -2.40. The number of nitro benzene ring substituents is 1. The van der Waals surface area contributed by atoms with Gasteiger partial charge in [0.1, 0.15) is 0 Å². The minimum absolute atomic E-state index is 0.0344. The van der Waals surface area contributed by atoms with Crippen LogP contribution in [0.5, 0.6) is 0 Å². The Labute approximate surface area is 150 Å². The highest BCUT2D eigenvalue weighted by atomic mass is 32.2. The summed E-state index contributed by atoms with van der Waals surface area (Å²) in [6, 6.07) is 12.7. The molecule has 0 saturated carbocycles. The predicted octanol–water partition coefficient (Wildman–Crippen LogP) is 2.44. The molecule has 0 fully saturated rings. The normalized spacial score (nSPS) is 18.1. The van der Waals surface area contributed by atoms with E-state index in [1.807, 2.05) is 0 Å². The van der Waals surface area contributed by atoms with Gasteiger partial charge in [0.15, 0.2) is 0 Å². The van der Waals surface area contributed by atoms with Gasteiger partial charge in [-0.05, 0) is 6.07 Å². The van der Waals surface area contributed by atoms with E-state index in [-0.39, 0.29) is 17.1 Å². The van der Waals surface area contributed by atoms with Crippen LogP contribution in [0.25, 0.3) is 0 Å². The van der Waals surface area contributed by atoms with Crippen molar-refractivity contribution in [2.75, 3.05) is 13.1 Å². The topological polar surface area (TPSA) is 105 Å². The Hall–Kier alpha value is -2.91. The second-order valence-electron chi connectivity index (χ2n) is 5.57. The molecule has 9 heteroatoms. The fourth-order valence-electron chi connectivity index (χ4n) is 2.66. The Bertz CT molecular complexity index is 1010. The van der Waals surface area contributed by atoms with Crippen LogP contribution in [0.4, 0.5) is 5.69 Å². The minimum Gasteiger partial charge on any atom is -0.258 e. The van der Waals surface area contributed by atoms with E-state index < -0.39 is 14.9 Å². The largest absolute Gasteiger partial charge is 0.270 e. The van der Waals surface area contributed by atoms with Gasteiger partial charge in [0.05, 0.1) is 28.3 Å². The van der Waals surface area contributed by atoms with Crippen LogP contribution in [-0.2, 0) is 10.0 Å². The third-order valence-electron chi connectivity index (χ3n) is 3.96. The zero-order chi connectivity index (χ0) is 18.7. The Morgan fingerprint density at radius 3 is 2.73 bits per heavy atom. The molecule has 3 rings (SSSR count). The molecule has 1 heterocycles. The van der Waals surface area contributed by atoms with Gasteiger partial charge in [-0.1, -0.05) is 37.3 Å². The molecule has 0 aliphatic carbocycles. The van der Waals surface area contributed by atoms with E-state index in [0.717, 1.165) is 0 Å². The van der Waals surface area contributed by atoms with E-state index in [1.54, 1.807) is 43.3 Å². The molecule has 0 atom stereocenters. The summed E-state index contributed by atoms with van der Waals surface area (Å²) in [5, 5.41) is 19.0. The fraction of sp³-hybridized carbons (Fsp3) is 0.176. The van der Waals surface area contributed by atoms with E-state index >= 15 is 0 Å². The van der Waals surface area contributed by atoms with Gasteiger partial charge in [0.25, 0.3) is 5.69 Å². The summed E-state index contributed by atoms with van der Waals surface area (Å²) in [6.07, 6.45) is 1.40. The highest BCUT2D eigenvalue weighted by Gasteiger charge is 2.33. The van der Waals surface area contributed by atoms with E-state index in [4.69, 9.17) is 0 Å². The molecule has 0 bridgehead atoms. The molecule has 26 heavy (non-hydrogen) atoms. The van der Waals surface area contributed by atoms with Gasteiger partial charge >= 0.3 is 0 Å². The smallest absolute Gasteiger partial charge is 0.258 e. The van der Waals surface area contributed by atoms with Gasteiger partial charge in [-0.15, -0.1) is 0 Å². The minimum atomic E-state index is -3.53. The van der Waals surface area contributed by atoms with Gasteiger partial charge in [0, 0.05) is 29.8 Å². The van der Waals surface area contributed by atoms with Crippen LogP contribution in [0.1, 0.15) is 18.1 Å². The molecule has 2 aromatic rings. The first-order valence-corrected chi connectivity index (χ1v) is 9.31. The molecule has 0 radical (unpaired) electrons. The van der Waals surface area contributed by atoms with Crippen molar-refractivity contribution in [1.29, 1.82) is 0 Å². The van der Waals surface area contributed by atoms with Crippen LogP contribution >= 0.6 is 0 Å². The molecule has 0 amide bonds. The summed E-state index contributed by atoms with van der Waals surface area (Å²) in [7, 11) is -3.53. The second kappa shape index (κ2) is 7.14. The van der Waals surface area contributed by atoms with Crippen molar-refractivity contribution in [1.82, 2.24) is 4.31 Å². The SMILES string of the molecule is CCN1C/C(=N\N=C\c2cccc([N+](=O)[O-])c2)c2ccccc2S1(=O)=O. The van der Waals surface area contributed by atoms with Crippen molar-refractivity contribution >= 4 is 27.6 Å². The molecule has 1 aliphatic heterocycles. The lowest BCUT2D eigenvalue weighted by Gasteiger charge is -2.27. The van der Waals surface area contributed by atoms with E-state index in [2.05, 4.69) is 10.2 Å². The number of rotatable bonds is 4. The Morgan fingerprint density at radius 2 is 2.00 bits per heavy atom. The maximum Gasteiger partial charge on any atom is 0.270 e. The number of sulfonamides is 1. The number of likely N-dealkylation sites (N-methyl/N-ethyl adjacent to an activating group) is 1. The summed E-state index contributed by atoms with van der Waals surface area (Å²) < 4.78 is 26.4. The van der Waals surface area contributed by atoms with Crippen molar-refractivity contribution < 1.29 is 13.3 Å². The third-order valence-corrected chi connectivity index (χ3v) is 5.94. The average Bonchev–Trinajstić information content (AvgIpc) is 2.64. The molecule has 0 saturated heterocycles. The lowest BCUT2D eigenvalue weighted by molar-refractivity contribution is -0.384. The number of hydrogen-bond donors (Lipinski definition) is 0. The Kier molecular flexibility index (Phi) is 4.92. The zero-order valence-corrected chi connectivity index (χ0v) is 14.8. The fourth-order valence-corrected chi connectivity index (χ4v) is 4.28. The molecule has 8 nitrogen and oxygen atoms in total. The van der Waals surface area contributed by atoms with Gasteiger partial charge in [-0.3, -0.25) is 10.1 Å². The number of fused-ring (bicyclic) bond motifs is 1. The summed E-state index contributed by atoms with van der Waals surface area (Å²) in [4.78, 5) is 10.5. The monoisotopic (exact) mass is 372 g/mol. The van der Waals surface area contributed by atoms with Crippen molar-refractivity contribution in [3.8, 4) is 0 Å². The molecule has 134 valence electrons. The van der Waals surface area contributed by atoms with E-state index in [1.165, 1.54) is 22.7 Å². The van der Waals surface area contributed by atoms with Crippen LogP contribution < -0.4 is 0 Å². The molecule has 0 N–H and O–H groups in total. The molecule has 0 aromatic heterocycles. The Balaban J connectivity index is 1.96. The summed E-state index contributed by atoms with van der Waals surface area (Å²) >= 11 is 0. The summed E-state index contributed by atoms with van der Waals surface area (Å²) in [5.74, 6) is 0. The molecule has 2 aromatic carbocycles.